The topological polar surface area (TPSA) is 55.4 Å². The molecule has 0 aliphatic carbocycles. The largest absolute Gasteiger partial charge is 0.337 e. The number of piperidine rings is 1. The van der Waals surface area contributed by atoms with Crippen molar-refractivity contribution >= 4 is 22.5 Å². The molecule has 5 aromatic rings. The van der Waals surface area contributed by atoms with E-state index < -0.39 is 0 Å². The van der Waals surface area contributed by atoms with Crippen molar-refractivity contribution < 1.29 is 4.79 Å². The van der Waals surface area contributed by atoms with E-state index in [1.807, 2.05) is 65.7 Å². The van der Waals surface area contributed by atoms with E-state index in [4.69, 9.17) is 0 Å². The van der Waals surface area contributed by atoms with E-state index in [2.05, 4.69) is 43.4 Å². The fourth-order valence-corrected chi connectivity index (χ4v) is 4.96. The van der Waals surface area contributed by atoms with Crippen molar-refractivity contribution in [2.75, 3.05) is 13.1 Å². The molecule has 2 aromatic carbocycles. The zero-order valence-corrected chi connectivity index (χ0v) is 18.3. The zero-order chi connectivity index (χ0) is 22.2. The minimum Gasteiger partial charge on any atom is -0.337 e. The Labute approximate surface area is 192 Å². The number of carbonyl (C=O) groups excluding carboxylic acids is 1. The van der Waals surface area contributed by atoms with Crippen LogP contribution in [0.2, 0.25) is 0 Å². The normalized spacial score (nSPS) is 14.8. The van der Waals surface area contributed by atoms with Crippen LogP contribution in [0.1, 0.15) is 40.6 Å². The summed E-state index contributed by atoms with van der Waals surface area (Å²) in [4.78, 5) is 15.7. The molecular formula is C27H25N5O. The highest BCUT2D eigenvalue weighted by Gasteiger charge is 2.29. The van der Waals surface area contributed by atoms with Crippen LogP contribution in [0.25, 0.3) is 16.6 Å². The predicted octanol–water partition coefficient (Wildman–Crippen LogP) is 4.75. The smallest absolute Gasteiger partial charge is 0.270 e. The van der Waals surface area contributed by atoms with Gasteiger partial charge in [0.05, 0.1) is 0 Å². The molecule has 33 heavy (non-hydrogen) atoms. The summed E-state index contributed by atoms with van der Waals surface area (Å²) in [7, 11) is 0. The molecule has 0 unspecified atom stereocenters. The van der Waals surface area contributed by atoms with Gasteiger partial charge in [-0.2, -0.15) is 0 Å². The van der Waals surface area contributed by atoms with Crippen molar-refractivity contribution in [2.45, 2.75) is 25.3 Å². The van der Waals surface area contributed by atoms with Crippen LogP contribution in [0.4, 0.5) is 0 Å². The Bertz CT molecular complexity index is 1430. The van der Waals surface area contributed by atoms with Crippen molar-refractivity contribution in [3.05, 3.63) is 102 Å². The summed E-state index contributed by atoms with van der Waals surface area (Å²) in [6.07, 6.45) is 3.80. The lowest BCUT2D eigenvalue weighted by Crippen LogP contribution is -2.39. The highest BCUT2D eigenvalue weighted by atomic mass is 16.2. The maximum Gasteiger partial charge on any atom is 0.270 e. The van der Waals surface area contributed by atoms with Crippen LogP contribution in [0, 0.1) is 0 Å². The minimum absolute atomic E-state index is 0.103. The second-order valence-corrected chi connectivity index (χ2v) is 8.71. The van der Waals surface area contributed by atoms with Gasteiger partial charge in [-0.15, -0.1) is 10.2 Å². The zero-order valence-electron chi connectivity index (χ0n) is 18.3. The molecule has 4 heterocycles. The van der Waals surface area contributed by atoms with Crippen molar-refractivity contribution in [1.82, 2.24) is 24.1 Å². The molecule has 3 aromatic heterocycles. The van der Waals surface area contributed by atoms with E-state index in [-0.39, 0.29) is 5.91 Å². The van der Waals surface area contributed by atoms with Gasteiger partial charge in [0, 0.05) is 42.7 Å². The molecular weight excluding hydrogens is 410 g/mol. The van der Waals surface area contributed by atoms with E-state index in [1.54, 1.807) is 0 Å². The number of fused-ring (bicyclic) bond motifs is 2. The number of nitrogens with zero attached hydrogens (tertiary/aromatic N) is 5. The van der Waals surface area contributed by atoms with Crippen molar-refractivity contribution in [1.29, 1.82) is 0 Å². The Morgan fingerprint density at radius 3 is 2.48 bits per heavy atom. The van der Waals surface area contributed by atoms with Gasteiger partial charge in [0.25, 0.3) is 5.91 Å². The third-order valence-electron chi connectivity index (χ3n) is 6.70. The third kappa shape index (κ3) is 3.57. The summed E-state index contributed by atoms with van der Waals surface area (Å²) >= 11 is 0. The number of hydrogen-bond acceptors (Lipinski definition) is 3. The van der Waals surface area contributed by atoms with Crippen molar-refractivity contribution in [3.63, 3.8) is 0 Å². The Balaban J connectivity index is 1.26. The molecule has 6 rings (SSSR count). The van der Waals surface area contributed by atoms with Crippen molar-refractivity contribution in [3.8, 4) is 0 Å². The fraction of sp³-hybridized carbons (Fsp3) is 0.222. The van der Waals surface area contributed by atoms with Gasteiger partial charge < -0.3 is 9.47 Å². The van der Waals surface area contributed by atoms with Gasteiger partial charge in [-0.3, -0.25) is 9.20 Å². The van der Waals surface area contributed by atoms with E-state index in [0.717, 1.165) is 54.0 Å². The molecule has 0 N–H and O–H groups in total. The average Bonchev–Trinajstić information content (AvgIpc) is 3.46. The van der Waals surface area contributed by atoms with Crippen molar-refractivity contribution in [2.24, 2.45) is 0 Å². The molecule has 0 bridgehead atoms. The highest BCUT2D eigenvalue weighted by molar-refractivity contribution is 5.99. The first-order valence-electron chi connectivity index (χ1n) is 11.5. The van der Waals surface area contributed by atoms with E-state index in [1.165, 1.54) is 5.56 Å². The maximum atomic E-state index is 13.7. The van der Waals surface area contributed by atoms with Gasteiger partial charge in [-0.05, 0) is 42.7 Å². The molecule has 0 saturated carbocycles. The number of likely N-dealkylation sites (tertiary alicyclic amines) is 1. The second-order valence-electron chi connectivity index (χ2n) is 8.71. The molecule has 164 valence electrons. The number of carbonyl (C=O) groups is 1. The Hall–Kier alpha value is -3.93. The molecule has 6 nitrogen and oxygen atoms in total. The molecule has 0 atom stereocenters. The van der Waals surface area contributed by atoms with Gasteiger partial charge in [-0.25, -0.2) is 0 Å². The van der Waals surface area contributed by atoms with Crippen LogP contribution in [0.15, 0.2) is 85.1 Å². The number of para-hydroxylation sites is 1. The van der Waals surface area contributed by atoms with Gasteiger partial charge in [0.2, 0.25) is 0 Å². The lowest BCUT2D eigenvalue weighted by molar-refractivity contribution is 0.0701. The molecule has 6 heteroatoms. The first-order valence-corrected chi connectivity index (χ1v) is 11.5. The van der Waals surface area contributed by atoms with Gasteiger partial charge in [-0.1, -0.05) is 54.6 Å². The van der Waals surface area contributed by atoms with Crippen LogP contribution in [0.5, 0.6) is 0 Å². The third-order valence-corrected chi connectivity index (χ3v) is 6.70. The van der Waals surface area contributed by atoms with Crippen LogP contribution in [0.3, 0.4) is 0 Å². The average molecular weight is 436 g/mol. The molecule has 1 aliphatic heterocycles. The summed E-state index contributed by atoms with van der Waals surface area (Å²) < 4.78 is 4.23. The number of benzene rings is 2. The molecule has 0 spiro atoms. The van der Waals surface area contributed by atoms with Crippen LogP contribution < -0.4 is 0 Å². The maximum absolute atomic E-state index is 13.7. The predicted molar refractivity (Wildman–Crippen MR) is 128 cm³/mol. The Morgan fingerprint density at radius 2 is 1.64 bits per heavy atom. The van der Waals surface area contributed by atoms with Crippen LogP contribution in [-0.2, 0) is 6.54 Å². The molecule has 1 fully saturated rings. The lowest BCUT2D eigenvalue weighted by atomic mass is 9.95. The summed E-state index contributed by atoms with van der Waals surface area (Å²) in [6, 6.07) is 26.6. The fourth-order valence-electron chi connectivity index (χ4n) is 4.96. The molecule has 0 radical (unpaired) electrons. The Kier molecular flexibility index (Phi) is 4.91. The first kappa shape index (κ1) is 19.7. The first-order chi connectivity index (χ1) is 16.3. The number of rotatable bonds is 4. The van der Waals surface area contributed by atoms with Crippen LogP contribution in [-0.4, -0.2) is 43.1 Å². The summed E-state index contributed by atoms with van der Waals surface area (Å²) in [5, 5.41) is 9.84. The van der Waals surface area contributed by atoms with E-state index >= 15 is 0 Å². The lowest BCUT2D eigenvalue weighted by Gasteiger charge is -2.31. The molecule has 1 aliphatic rings. The summed E-state index contributed by atoms with van der Waals surface area (Å²) in [6.45, 7) is 2.12. The quantitative estimate of drug-likeness (QED) is 0.409. The SMILES string of the molecule is O=C(c1cc2ccccc2n1Cc1ccccc1)N1CCC(c2nnc3ccccn23)CC1. The van der Waals surface area contributed by atoms with Crippen LogP contribution >= 0.6 is 0 Å². The highest BCUT2D eigenvalue weighted by Crippen LogP contribution is 2.29. The monoisotopic (exact) mass is 435 g/mol. The number of hydrogen-bond donors (Lipinski definition) is 0. The molecule has 1 amide bonds. The minimum atomic E-state index is 0.103. The summed E-state index contributed by atoms with van der Waals surface area (Å²) in [5.74, 6) is 1.41. The van der Waals surface area contributed by atoms with E-state index in [9.17, 15) is 4.79 Å². The van der Waals surface area contributed by atoms with Gasteiger partial charge >= 0.3 is 0 Å². The van der Waals surface area contributed by atoms with Gasteiger partial charge in [0.1, 0.15) is 11.5 Å². The molecule has 1 saturated heterocycles. The Morgan fingerprint density at radius 1 is 0.879 bits per heavy atom. The van der Waals surface area contributed by atoms with E-state index in [0.29, 0.717) is 12.5 Å². The number of pyridine rings is 1. The summed E-state index contributed by atoms with van der Waals surface area (Å²) in [5.41, 5.74) is 3.91. The standard InChI is InChI=1S/C27H25N5O/c33-27(30-16-13-21(14-17-30)26-29-28-25-12-6-7-15-31(25)26)24-18-22-10-4-5-11-23(22)32(24)19-20-8-2-1-3-9-20/h1-12,15,18,21H,13-14,16-17,19H2. The number of amides is 1. The second kappa shape index (κ2) is 8.20. The van der Waals surface area contributed by atoms with Gasteiger partial charge in [0.15, 0.2) is 5.65 Å². The number of aromatic nitrogens is 4.